The molecule has 32 heavy (non-hydrogen) atoms. The van der Waals surface area contributed by atoms with E-state index in [1.165, 1.54) is 11.8 Å². The first-order valence-electron chi connectivity index (χ1n) is 9.33. The van der Waals surface area contributed by atoms with E-state index in [0.717, 1.165) is 16.9 Å². The average Bonchev–Trinajstić information content (AvgIpc) is 3.10. The van der Waals surface area contributed by atoms with Gasteiger partial charge < -0.3 is 11.5 Å². The summed E-state index contributed by atoms with van der Waals surface area (Å²) in [7, 11) is -3.77. The molecule has 0 unspecified atom stereocenters. The third-order valence-electron chi connectivity index (χ3n) is 4.69. The van der Waals surface area contributed by atoms with Crippen molar-refractivity contribution >= 4 is 60.6 Å². The van der Waals surface area contributed by atoms with Gasteiger partial charge in [-0.3, -0.25) is 9.52 Å². The molecule has 0 aliphatic heterocycles. The highest BCUT2D eigenvalue weighted by molar-refractivity contribution is 7.98. The molecule has 0 saturated carbocycles. The molecule has 0 aliphatic carbocycles. The number of benzene rings is 2. The lowest BCUT2D eigenvalue weighted by Gasteiger charge is -2.11. The monoisotopic (exact) mass is 485 g/mol. The maximum absolute atomic E-state index is 12.8. The van der Waals surface area contributed by atoms with E-state index < -0.39 is 15.9 Å². The predicted molar refractivity (Wildman–Crippen MR) is 130 cm³/mol. The van der Waals surface area contributed by atoms with Crippen molar-refractivity contribution in [2.24, 2.45) is 5.73 Å². The molecule has 1 amide bonds. The second-order valence-corrected chi connectivity index (χ2v) is 10.4. The van der Waals surface area contributed by atoms with Gasteiger partial charge in [-0.2, -0.15) is 0 Å². The molecular formula is C21H19N5O3S3. The second kappa shape index (κ2) is 8.41. The zero-order valence-corrected chi connectivity index (χ0v) is 19.6. The minimum atomic E-state index is -3.77. The molecule has 0 bridgehead atoms. The van der Waals surface area contributed by atoms with Crippen LogP contribution in [0.2, 0.25) is 0 Å². The van der Waals surface area contributed by atoms with Gasteiger partial charge in [0, 0.05) is 11.3 Å². The van der Waals surface area contributed by atoms with Gasteiger partial charge in [-0.1, -0.05) is 41.6 Å². The number of nitrogen functional groups attached to an aromatic ring is 1. The first kappa shape index (κ1) is 22.1. The largest absolute Gasteiger partial charge is 0.397 e. The van der Waals surface area contributed by atoms with Crippen LogP contribution >= 0.6 is 23.1 Å². The van der Waals surface area contributed by atoms with E-state index >= 15 is 0 Å². The normalized spacial score (nSPS) is 11.6. The van der Waals surface area contributed by atoms with Crippen molar-refractivity contribution in [3.05, 3.63) is 59.0 Å². The van der Waals surface area contributed by atoms with E-state index in [-0.39, 0.29) is 15.5 Å². The maximum Gasteiger partial charge on any atom is 0.261 e. The van der Waals surface area contributed by atoms with Crippen molar-refractivity contribution in [1.82, 2.24) is 9.97 Å². The first-order chi connectivity index (χ1) is 15.2. The molecule has 11 heteroatoms. The first-order valence-corrected chi connectivity index (χ1v) is 12.9. The molecule has 4 rings (SSSR count). The number of thioether (sulfide) groups is 1. The van der Waals surface area contributed by atoms with Gasteiger partial charge in [0.05, 0.1) is 21.7 Å². The molecule has 0 aliphatic rings. The maximum atomic E-state index is 12.8. The third-order valence-corrected chi connectivity index (χ3v) is 7.75. The number of amides is 1. The summed E-state index contributed by atoms with van der Waals surface area (Å²) in [4.78, 5) is 21.7. The molecule has 0 spiro atoms. The number of fused-ring (bicyclic) bond motifs is 1. The fraction of sp³-hybridized carbons (Fsp3) is 0.0952. The number of carbonyl (C=O) groups excluding carboxylic acids is 1. The number of aromatic nitrogens is 2. The number of sulfonamides is 1. The number of carbonyl (C=O) groups is 1. The zero-order valence-electron chi connectivity index (χ0n) is 17.1. The Hall–Kier alpha value is -3.15. The number of anilines is 2. The summed E-state index contributed by atoms with van der Waals surface area (Å²) in [6, 6.07) is 13.4. The topological polar surface area (TPSA) is 141 Å². The highest BCUT2D eigenvalue weighted by atomic mass is 32.2. The van der Waals surface area contributed by atoms with E-state index in [1.807, 2.05) is 13.2 Å². The fourth-order valence-corrected chi connectivity index (χ4v) is 5.57. The summed E-state index contributed by atoms with van der Waals surface area (Å²) in [5.74, 6) is -0.637. The van der Waals surface area contributed by atoms with Crippen LogP contribution in [0.1, 0.15) is 15.2 Å². The molecule has 5 N–H and O–H groups in total. The van der Waals surface area contributed by atoms with Gasteiger partial charge in [0.1, 0.15) is 9.71 Å². The Morgan fingerprint density at radius 3 is 2.50 bits per heavy atom. The van der Waals surface area contributed by atoms with Crippen molar-refractivity contribution in [2.75, 3.05) is 16.7 Å². The highest BCUT2D eigenvalue weighted by Gasteiger charge is 2.21. The van der Waals surface area contributed by atoms with Gasteiger partial charge in [0.25, 0.3) is 15.9 Å². The number of aryl methyl sites for hydroxylation is 1. The second-order valence-electron chi connectivity index (χ2n) is 6.95. The fourth-order valence-electron chi connectivity index (χ4n) is 3.15. The van der Waals surface area contributed by atoms with Crippen LogP contribution in [0.5, 0.6) is 0 Å². The van der Waals surface area contributed by atoms with Crippen LogP contribution in [0.4, 0.5) is 11.4 Å². The molecule has 4 aromatic rings. The minimum absolute atomic E-state index is 0.163. The molecule has 0 saturated heterocycles. The summed E-state index contributed by atoms with van der Waals surface area (Å²) in [6.45, 7) is 1.89. The summed E-state index contributed by atoms with van der Waals surface area (Å²) >= 11 is 2.45. The predicted octanol–water partition coefficient (Wildman–Crippen LogP) is 3.87. The smallest absolute Gasteiger partial charge is 0.261 e. The van der Waals surface area contributed by atoms with Crippen LogP contribution in [0.15, 0.2) is 58.6 Å². The van der Waals surface area contributed by atoms with Gasteiger partial charge in [-0.25, -0.2) is 18.4 Å². The van der Waals surface area contributed by atoms with Crippen molar-refractivity contribution in [1.29, 1.82) is 0 Å². The number of nitrogens with one attached hydrogen (secondary N) is 1. The van der Waals surface area contributed by atoms with Crippen LogP contribution < -0.4 is 16.2 Å². The van der Waals surface area contributed by atoms with E-state index in [0.29, 0.717) is 32.3 Å². The number of hydrogen-bond donors (Lipinski definition) is 3. The molecule has 0 fully saturated rings. The van der Waals surface area contributed by atoms with Gasteiger partial charge >= 0.3 is 0 Å². The van der Waals surface area contributed by atoms with Crippen LogP contribution in [0, 0.1) is 6.92 Å². The van der Waals surface area contributed by atoms with Crippen LogP contribution in [0.3, 0.4) is 0 Å². The van der Waals surface area contributed by atoms with Crippen molar-refractivity contribution < 1.29 is 13.2 Å². The van der Waals surface area contributed by atoms with Gasteiger partial charge in [0.2, 0.25) is 0 Å². The van der Waals surface area contributed by atoms with Crippen molar-refractivity contribution in [3.8, 4) is 11.3 Å². The number of primary amides is 1. The van der Waals surface area contributed by atoms with Gasteiger partial charge in [0.15, 0.2) is 5.16 Å². The average molecular weight is 486 g/mol. The lowest BCUT2D eigenvalue weighted by Crippen LogP contribution is -2.13. The number of rotatable bonds is 6. The molecule has 8 nitrogen and oxygen atoms in total. The lowest BCUT2D eigenvalue weighted by atomic mass is 10.1. The van der Waals surface area contributed by atoms with Gasteiger partial charge in [-0.15, -0.1) is 11.3 Å². The van der Waals surface area contributed by atoms with Crippen LogP contribution in [0.25, 0.3) is 21.5 Å². The number of nitrogens with zero attached hydrogens (tertiary/aromatic N) is 2. The molecule has 2 aromatic heterocycles. The highest BCUT2D eigenvalue weighted by Crippen LogP contribution is 2.39. The summed E-state index contributed by atoms with van der Waals surface area (Å²) in [5, 5.41) is 1.01. The summed E-state index contributed by atoms with van der Waals surface area (Å²) < 4.78 is 28.2. The quantitative estimate of drug-likeness (QED) is 0.278. The molecule has 2 aromatic carbocycles. The minimum Gasteiger partial charge on any atom is -0.397 e. The zero-order chi connectivity index (χ0) is 23.0. The number of nitrogens with two attached hydrogens (primary N) is 2. The summed E-state index contributed by atoms with van der Waals surface area (Å²) in [5.41, 5.74) is 14.3. The standard InChI is InChI=1S/C21H19N5O3S3/c1-11-6-8-14(9-7-11)32(28,29)26-13-5-3-4-12(10-13)17-15-16(22)18(19(23)27)31-20(15)25-21(24-17)30-2/h3-10,26H,22H2,1-2H3,(H2,23,27). The molecule has 2 heterocycles. The van der Waals surface area contributed by atoms with E-state index in [4.69, 9.17) is 11.5 Å². The van der Waals surface area contributed by atoms with E-state index in [9.17, 15) is 13.2 Å². The van der Waals surface area contributed by atoms with Crippen LogP contribution in [-0.4, -0.2) is 30.5 Å². The molecule has 0 radical (unpaired) electrons. The Morgan fingerprint density at radius 2 is 1.84 bits per heavy atom. The Balaban J connectivity index is 1.81. The number of thiophene rings is 1. The molecule has 0 atom stereocenters. The Bertz CT molecular complexity index is 1450. The van der Waals surface area contributed by atoms with E-state index in [2.05, 4.69) is 14.7 Å². The Labute approximate surface area is 193 Å². The molecule has 164 valence electrons. The SMILES string of the molecule is CSc1nc(-c2cccc(NS(=O)(=O)c3ccc(C)cc3)c2)c2c(N)c(C(N)=O)sc2n1. The van der Waals surface area contributed by atoms with Crippen LogP contribution in [-0.2, 0) is 10.0 Å². The third kappa shape index (κ3) is 4.14. The Kier molecular flexibility index (Phi) is 5.80. The van der Waals surface area contributed by atoms with Crippen molar-refractivity contribution in [2.45, 2.75) is 17.0 Å². The lowest BCUT2D eigenvalue weighted by molar-refractivity contribution is 0.100. The summed E-state index contributed by atoms with van der Waals surface area (Å²) in [6.07, 6.45) is 1.84. The number of hydrogen-bond acceptors (Lipinski definition) is 8. The van der Waals surface area contributed by atoms with E-state index in [1.54, 1.807) is 48.5 Å². The van der Waals surface area contributed by atoms with Gasteiger partial charge in [-0.05, 0) is 37.4 Å². The van der Waals surface area contributed by atoms with Crippen molar-refractivity contribution in [3.63, 3.8) is 0 Å². The Morgan fingerprint density at radius 1 is 1.12 bits per heavy atom. The molecular weight excluding hydrogens is 466 g/mol.